The predicted molar refractivity (Wildman–Crippen MR) is 107 cm³/mol. The van der Waals surface area contributed by atoms with Crippen molar-refractivity contribution in [1.82, 2.24) is 20.3 Å². The van der Waals surface area contributed by atoms with Gasteiger partial charge in [0.2, 0.25) is 0 Å². The van der Waals surface area contributed by atoms with Crippen LogP contribution in [0.2, 0.25) is 0 Å². The van der Waals surface area contributed by atoms with Crippen LogP contribution in [0.15, 0.2) is 47.8 Å². The quantitative estimate of drug-likeness (QED) is 0.496. The number of anilines is 1. The van der Waals surface area contributed by atoms with Crippen LogP contribution in [0, 0.1) is 16.7 Å². The molecule has 1 N–H and O–H groups in total. The molecular formula is C19H19N7S. The summed E-state index contributed by atoms with van der Waals surface area (Å²) in [6.07, 6.45) is 3.43. The van der Waals surface area contributed by atoms with Crippen molar-refractivity contribution in [1.29, 1.82) is 5.26 Å². The molecule has 0 aromatic carbocycles. The van der Waals surface area contributed by atoms with Crippen molar-refractivity contribution in [3.05, 3.63) is 54.0 Å². The first-order valence-electron chi connectivity index (χ1n) is 8.70. The second-order valence-corrected chi connectivity index (χ2v) is 7.44. The molecule has 2 aromatic heterocycles. The molecule has 2 aromatic rings. The van der Waals surface area contributed by atoms with Gasteiger partial charge in [0.1, 0.15) is 5.82 Å². The van der Waals surface area contributed by atoms with Gasteiger partial charge in [-0.25, -0.2) is 4.98 Å². The second-order valence-electron chi connectivity index (χ2n) is 7.06. The standard InChI is InChI=1S/C19H19N7S/c1-14(16-4-2-3-6-21-16)23-24-18(27)26-12-19(13-26)10-25(11-19)17-8-15(9-20)5-7-22-17/h2-8H,10-13H2,1H3,(H,24,27)/b23-14+. The number of hydrogen-bond donors (Lipinski definition) is 1. The summed E-state index contributed by atoms with van der Waals surface area (Å²) in [5.41, 5.74) is 5.50. The second kappa shape index (κ2) is 6.93. The number of nitrogens with zero attached hydrogens (tertiary/aromatic N) is 6. The molecule has 2 fully saturated rings. The van der Waals surface area contributed by atoms with Crippen molar-refractivity contribution in [3.8, 4) is 6.07 Å². The Bertz CT molecular complexity index is 921. The van der Waals surface area contributed by atoms with Gasteiger partial charge in [0.05, 0.1) is 23.0 Å². The Morgan fingerprint density at radius 2 is 2.04 bits per heavy atom. The maximum Gasteiger partial charge on any atom is 0.189 e. The third-order valence-corrected chi connectivity index (χ3v) is 5.30. The van der Waals surface area contributed by atoms with E-state index in [9.17, 15) is 0 Å². The highest BCUT2D eigenvalue weighted by molar-refractivity contribution is 7.80. The van der Waals surface area contributed by atoms with Crippen molar-refractivity contribution in [2.45, 2.75) is 6.92 Å². The Hall–Kier alpha value is -3.05. The van der Waals surface area contributed by atoms with E-state index >= 15 is 0 Å². The van der Waals surface area contributed by atoms with E-state index < -0.39 is 0 Å². The average molecular weight is 377 g/mol. The molecule has 8 heteroatoms. The van der Waals surface area contributed by atoms with Crippen LogP contribution >= 0.6 is 12.2 Å². The summed E-state index contributed by atoms with van der Waals surface area (Å²) in [5.74, 6) is 0.870. The largest absolute Gasteiger partial charge is 0.355 e. The van der Waals surface area contributed by atoms with Crippen LogP contribution in [-0.2, 0) is 0 Å². The fraction of sp³-hybridized carbons (Fsp3) is 0.316. The smallest absolute Gasteiger partial charge is 0.189 e. The number of rotatable bonds is 3. The maximum absolute atomic E-state index is 9.01. The van der Waals surface area contributed by atoms with E-state index in [1.807, 2.05) is 31.2 Å². The Balaban J connectivity index is 1.28. The number of aromatic nitrogens is 2. The highest BCUT2D eigenvalue weighted by Gasteiger charge is 2.52. The normalized spacial score (nSPS) is 17.7. The van der Waals surface area contributed by atoms with Crippen molar-refractivity contribution >= 4 is 28.9 Å². The average Bonchev–Trinajstić information content (AvgIpc) is 2.64. The van der Waals surface area contributed by atoms with Gasteiger partial charge < -0.3 is 9.80 Å². The van der Waals surface area contributed by atoms with Crippen molar-refractivity contribution < 1.29 is 0 Å². The number of nitrogens with one attached hydrogen (secondary N) is 1. The number of likely N-dealkylation sites (tertiary alicyclic amines) is 1. The minimum absolute atomic E-state index is 0.260. The molecule has 2 aliphatic rings. The first-order chi connectivity index (χ1) is 13.1. The van der Waals surface area contributed by atoms with Crippen molar-refractivity contribution in [2.75, 3.05) is 31.1 Å². The molecule has 4 rings (SSSR count). The lowest BCUT2D eigenvalue weighted by atomic mass is 9.73. The molecule has 7 nitrogen and oxygen atoms in total. The third kappa shape index (κ3) is 3.46. The van der Waals surface area contributed by atoms with E-state index in [1.165, 1.54) is 0 Å². The first-order valence-corrected chi connectivity index (χ1v) is 9.11. The van der Waals surface area contributed by atoms with E-state index in [0.717, 1.165) is 43.4 Å². The first kappa shape index (κ1) is 17.4. The monoisotopic (exact) mass is 377 g/mol. The van der Waals surface area contributed by atoms with E-state index in [-0.39, 0.29) is 5.41 Å². The molecule has 0 aliphatic carbocycles. The van der Waals surface area contributed by atoms with Crippen molar-refractivity contribution in [2.24, 2.45) is 10.5 Å². The molecule has 0 bridgehead atoms. The number of hydrazone groups is 1. The lowest BCUT2D eigenvalue weighted by Gasteiger charge is -2.60. The van der Waals surface area contributed by atoms with E-state index in [2.05, 4.69) is 36.4 Å². The van der Waals surface area contributed by atoms with Crippen LogP contribution in [-0.4, -0.2) is 51.9 Å². The zero-order valence-electron chi connectivity index (χ0n) is 15.0. The van der Waals surface area contributed by atoms with Gasteiger partial charge in [0.15, 0.2) is 5.11 Å². The lowest BCUT2D eigenvalue weighted by molar-refractivity contribution is 0.0283. The highest BCUT2D eigenvalue weighted by Crippen LogP contribution is 2.41. The molecule has 1 spiro atoms. The van der Waals surface area contributed by atoms with Crippen LogP contribution < -0.4 is 10.3 Å². The van der Waals surface area contributed by atoms with Crippen LogP contribution in [0.1, 0.15) is 18.2 Å². The van der Waals surface area contributed by atoms with Gasteiger partial charge in [-0.2, -0.15) is 10.4 Å². The lowest BCUT2D eigenvalue weighted by Crippen LogP contribution is -2.73. The zero-order valence-corrected chi connectivity index (χ0v) is 15.8. The summed E-state index contributed by atoms with van der Waals surface area (Å²) in [5, 5.41) is 14.0. The predicted octanol–water partition coefficient (Wildman–Crippen LogP) is 1.77. The molecular weight excluding hydrogens is 358 g/mol. The molecule has 4 heterocycles. The van der Waals surface area contributed by atoms with Crippen LogP contribution in [0.4, 0.5) is 5.82 Å². The minimum Gasteiger partial charge on any atom is -0.355 e. The zero-order chi connectivity index (χ0) is 18.9. The molecule has 136 valence electrons. The van der Waals surface area contributed by atoms with Gasteiger partial charge in [-0.1, -0.05) is 6.07 Å². The molecule has 0 saturated carbocycles. The van der Waals surface area contributed by atoms with Gasteiger partial charge in [0, 0.05) is 44.0 Å². The van der Waals surface area contributed by atoms with Gasteiger partial charge in [0.25, 0.3) is 0 Å². The molecule has 2 saturated heterocycles. The third-order valence-electron chi connectivity index (χ3n) is 4.95. The maximum atomic E-state index is 9.01. The van der Waals surface area contributed by atoms with Crippen LogP contribution in [0.25, 0.3) is 0 Å². The van der Waals surface area contributed by atoms with Gasteiger partial charge in [-0.3, -0.25) is 10.4 Å². The van der Waals surface area contributed by atoms with Crippen molar-refractivity contribution in [3.63, 3.8) is 0 Å². The Kier molecular flexibility index (Phi) is 4.46. The summed E-state index contributed by atoms with van der Waals surface area (Å²) >= 11 is 5.45. The summed E-state index contributed by atoms with van der Waals surface area (Å²) in [7, 11) is 0. The van der Waals surface area contributed by atoms with E-state index in [0.29, 0.717) is 10.7 Å². The molecule has 0 amide bonds. The van der Waals surface area contributed by atoms with E-state index in [1.54, 1.807) is 18.5 Å². The van der Waals surface area contributed by atoms with E-state index in [4.69, 9.17) is 17.5 Å². The fourth-order valence-corrected chi connectivity index (χ4v) is 3.70. The Morgan fingerprint density at radius 3 is 2.74 bits per heavy atom. The SMILES string of the molecule is C/C(=N\NC(=S)N1CC2(C1)CN(c1cc(C#N)ccn1)C2)c1ccccn1. The Labute approximate surface area is 163 Å². The van der Waals surface area contributed by atoms with Gasteiger partial charge >= 0.3 is 0 Å². The van der Waals surface area contributed by atoms with Gasteiger partial charge in [-0.15, -0.1) is 0 Å². The molecule has 0 unspecified atom stereocenters. The van der Waals surface area contributed by atoms with Gasteiger partial charge in [-0.05, 0) is 43.4 Å². The molecule has 27 heavy (non-hydrogen) atoms. The summed E-state index contributed by atoms with van der Waals surface area (Å²) in [4.78, 5) is 13.0. The minimum atomic E-state index is 0.260. The van der Waals surface area contributed by atoms with Crippen LogP contribution in [0.5, 0.6) is 0 Å². The number of hydrogen-bond acceptors (Lipinski definition) is 6. The number of thiocarbonyl (C=S) groups is 1. The highest BCUT2D eigenvalue weighted by atomic mass is 32.1. The molecule has 0 atom stereocenters. The molecule has 2 aliphatic heterocycles. The topological polar surface area (TPSA) is 80.4 Å². The fourth-order valence-electron chi connectivity index (χ4n) is 3.53. The summed E-state index contributed by atoms with van der Waals surface area (Å²) < 4.78 is 0. The summed E-state index contributed by atoms with van der Waals surface area (Å²) in [6, 6.07) is 11.4. The number of nitriles is 1. The van der Waals surface area contributed by atoms with Crippen LogP contribution in [0.3, 0.4) is 0 Å². The molecule has 0 radical (unpaired) electrons. The number of pyridine rings is 2. The summed E-state index contributed by atoms with van der Waals surface area (Å²) in [6.45, 7) is 5.59. The Morgan fingerprint density at radius 1 is 1.22 bits per heavy atom.